The third-order valence-corrected chi connectivity index (χ3v) is 3.32. The minimum Gasteiger partial charge on any atom is -0.374 e. The lowest BCUT2D eigenvalue weighted by molar-refractivity contribution is 0.0508. The number of para-hydroxylation sites is 1. The van der Waals surface area contributed by atoms with Crippen molar-refractivity contribution < 1.29 is 4.74 Å². The molecule has 0 aromatic heterocycles. The fourth-order valence-electron chi connectivity index (χ4n) is 1.83. The van der Waals surface area contributed by atoms with Gasteiger partial charge in [-0.05, 0) is 31.0 Å². The van der Waals surface area contributed by atoms with Crippen LogP contribution in [-0.4, -0.2) is 12.3 Å². The first-order valence-electron chi connectivity index (χ1n) is 7.33. The Kier molecular flexibility index (Phi) is 5.98. The molecule has 0 spiro atoms. The number of nitrogens with zero attached hydrogens (tertiary/aromatic N) is 1. The van der Waals surface area contributed by atoms with Gasteiger partial charge in [-0.3, -0.25) is 5.43 Å². The Labute approximate surface area is 126 Å². The van der Waals surface area contributed by atoms with Gasteiger partial charge in [0.15, 0.2) is 0 Å². The van der Waals surface area contributed by atoms with Crippen LogP contribution in [0.15, 0.2) is 59.7 Å². The van der Waals surface area contributed by atoms with Crippen LogP contribution in [0.2, 0.25) is 0 Å². The molecular formula is C18H22N2O. The van der Waals surface area contributed by atoms with Gasteiger partial charge in [0.25, 0.3) is 0 Å². The molecular weight excluding hydrogens is 260 g/mol. The first-order chi connectivity index (χ1) is 10.3. The van der Waals surface area contributed by atoms with Gasteiger partial charge in [-0.25, -0.2) is 0 Å². The Balaban J connectivity index is 1.99. The average molecular weight is 282 g/mol. The van der Waals surface area contributed by atoms with Gasteiger partial charge in [0, 0.05) is 5.56 Å². The van der Waals surface area contributed by atoms with E-state index in [9.17, 15) is 0 Å². The molecule has 3 nitrogen and oxygen atoms in total. The number of ether oxygens (including phenoxy) is 1. The van der Waals surface area contributed by atoms with Gasteiger partial charge in [0.2, 0.25) is 0 Å². The molecule has 1 N–H and O–H groups in total. The van der Waals surface area contributed by atoms with E-state index in [1.807, 2.05) is 54.7 Å². The summed E-state index contributed by atoms with van der Waals surface area (Å²) in [5.74, 6) is 0. The van der Waals surface area contributed by atoms with Crippen LogP contribution in [0.3, 0.4) is 0 Å². The van der Waals surface area contributed by atoms with E-state index in [-0.39, 0.29) is 6.10 Å². The maximum atomic E-state index is 5.80. The average Bonchev–Trinajstić information content (AvgIpc) is 2.54. The van der Waals surface area contributed by atoms with E-state index in [0.29, 0.717) is 6.61 Å². The molecule has 2 aromatic carbocycles. The topological polar surface area (TPSA) is 33.6 Å². The summed E-state index contributed by atoms with van der Waals surface area (Å²) >= 11 is 0. The van der Waals surface area contributed by atoms with Crippen molar-refractivity contribution in [3.63, 3.8) is 0 Å². The molecule has 2 aromatic rings. The van der Waals surface area contributed by atoms with Gasteiger partial charge >= 0.3 is 0 Å². The van der Waals surface area contributed by atoms with Crippen LogP contribution in [0.1, 0.15) is 31.4 Å². The minimum atomic E-state index is 0.275. The van der Waals surface area contributed by atoms with Crippen LogP contribution in [0.5, 0.6) is 0 Å². The monoisotopic (exact) mass is 282 g/mol. The van der Waals surface area contributed by atoms with Crippen LogP contribution in [-0.2, 0) is 11.3 Å². The summed E-state index contributed by atoms with van der Waals surface area (Å²) in [6, 6.07) is 18.1. The van der Waals surface area contributed by atoms with E-state index in [1.165, 1.54) is 0 Å². The van der Waals surface area contributed by atoms with Crippen LogP contribution in [0, 0.1) is 0 Å². The lowest BCUT2D eigenvalue weighted by Crippen LogP contribution is -2.07. The molecule has 0 fully saturated rings. The highest BCUT2D eigenvalue weighted by molar-refractivity contribution is 5.82. The summed E-state index contributed by atoms with van der Waals surface area (Å²) in [5.41, 5.74) is 6.22. The fraction of sp³-hybridized carbons (Fsp3) is 0.278. The molecule has 0 amide bonds. The Bertz CT molecular complexity index is 566. The summed E-state index contributed by atoms with van der Waals surface area (Å²) in [7, 11) is 0. The summed E-state index contributed by atoms with van der Waals surface area (Å²) in [6.45, 7) is 4.83. The minimum absolute atomic E-state index is 0.275. The van der Waals surface area contributed by atoms with Crippen LogP contribution < -0.4 is 5.43 Å². The van der Waals surface area contributed by atoms with Crippen molar-refractivity contribution >= 4 is 11.9 Å². The molecule has 0 saturated heterocycles. The molecule has 0 aliphatic heterocycles. The second kappa shape index (κ2) is 8.22. The first kappa shape index (κ1) is 15.3. The molecule has 21 heavy (non-hydrogen) atoms. The highest BCUT2D eigenvalue weighted by Crippen LogP contribution is 2.11. The molecule has 110 valence electrons. The number of rotatable bonds is 7. The zero-order chi connectivity index (χ0) is 14.9. The van der Waals surface area contributed by atoms with Crippen molar-refractivity contribution in [1.29, 1.82) is 0 Å². The van der Waals surface area contributed by atoms with Crippen molar-refractivity contribution in [3.05, 3.63) is 65.7 Å². The Morgan fingerprint density at radius 3 is 2.57 bits per heavy atom. The lowest BCUT2D eigenvalue weighted by Gasteiger charge is -2.12. The van der Waals surface area contributed by atoms with E-state index in [0.717, 1.165) is 23.2 Å². The maximum Gasteiger partial charge on any atom is 0.0726 e. The van der Waals surface area contributed by atoms with E-state index in [4.69, 9.17) is 4.74 Å². The number of benzene rings is 2. The van der Waals surface area contributed by atoms with E-state index in [1.54, 1.807) is 0 Å². The molecule has 1 unspecified atom stereocenters. The smallest absolute Gasteiger partial charge is 0.0726 e. The van der Waals surface area contributed by atoms with Gasteiger partial charge < -0.3 is 4.74 Å². The summed E-state index contributed by atoms with van der Waals surface area (Å²) in [4.78, 5) is 0. The quantitative estimate of drug-likeness (QED) is 0.601. The SMILES string of the molecule is CCC(C)OCc1ccccc1C=NNc1ccccc1. The van der Waals surface area contributed by atoms with Crippen molar-refractivity contribution in [3.8, 4) is 0 Å². The molecule has 0 bridgehead atoms. The first-order valence-corrected chi connectivity index (χ1v) is 7.33. The molecule has 3 heteroatoms. The second-order valence-corrected chi connectivity index (χ2v) is 4.96. The van der Waals surface area contributed by atoms with Gasteiger partial charge in [-0.15, -0.1) is 0 Å². The van der Waals surface area contributed by atoms with Gasteiger partial charge in [0.1, 0.15) is 0 Å². The van der Waals surface area contributed by atoms with Crippen molar-refractivity contribution in [2.75, 3.05) is 5.43 Å². The largest absolute Gasteiger partial charge is 0.374 e. The second-order valence-electron chi connectivity index (χ2n) is 4.96. The van der Waals surface area contributed by atoms with Gasteiger partial charge in [-0.2, -0.15) is 5.10 Å². The van der Waals surface area contributed by atoms with E-state index >= 15 is 0 Å². The third kappa shape index (κ3) is 5.04. The number of hydrazone groups is 1. The van der Waals surface area contributed by atoms with Crippen molar-refractivity contribution in [2.24, 2.45) is 5.10 Å². The normalized spacial score (nSPS) is 12.5. The lowest BCUT2D eigenvalue weighted by atomic mass is 10.1. The molecule has 0 radical (unpaired) electrons. The zero-order valence-corrected chi connectivity index (χ0v) is 12.6. The summed E-state index contributed by atoms with van der Waals surface area (Å²) in [5, 5.41) is 4.29. The molecule has 0 aliphatic carbocycles. The van der Waals surface area contributed by atoms with Crippen molar-refractivity contribution in [1.82, 2.24) is 0 Å². The fourth-order valence-corrected chi connectivity index (χ4v) is 1.83. The zero-order valence-electron chi connectivity index (χ0n) is 12.6. The highest BCUT2D eigenvalue weighted by atomic mass is 16.5. The number of anilines is 1. The van der Waals surface area contributed by atoms with Crippen LogP contribution in [0.25, 0.3) is 0 Å². The van der Waals surface area contributed by atoms with Crippen LogP contribution >= 0.6 is 0 Å². The predicted molar refractivity (Wildman–Crippen MR) is 88.6 cm³/mol. The molecule has 0 heterocycles. The molecule has 0 saturated carbocycles. The van der Waals surface area contributed by atoms with E-state index < -0.39 is 0 Å². The Morgan fingerprint density at radius 2 is 1.81 bits per heavy atom. The molecule has 0 aliphatic rings. The third-order valence-electron chi connectivity index (χ3n) is 3.32. The molecule has 2 rings (SSSR count). The standard InChI is InChI=1S/C18H22N2O/c1-3-15(2)21-14-17-10-8-7-9-16(17)13-19-20-18-11-5-4-6-12-18/h4-13,15,20H,3,14H2,1-2H3. The number of hydrogen-bond donors (Lipinski definition) is 1. The van der Waals surface area contributed by atoms with E-state index in [2.05, 4.69) is 30.4 Å². The van der Waals surface area contributed by atoms with Crippen molar-refractivity contribution in [2.45, 2.75) is 33.0 Å². The maximum absolute atomic E-state index is 5.80. The molecule has 1 atom stereocenters. The number of hydrogen-bond acceptors (Lipinski definition) is 3. The Morgan fingerprint density at radius 1 is 1.10 bits per heavy atom. The summed E-state index contributed by atoms with van der Waals surface area (Å²) in [6.07, 6.45) is 3.13. The Hall–Kier alpha value is -2.13. The van der Waals surface area contributed by atoms with Gasteiger partial charge in [0.05, 0.1) is 24.6 Å². The van der Waals surface area contributed by atoms with Gasteiger partial charge in [-0.1, -0.05) is 49.4 Å². The predicted octanol–water partition coefficient (Wildman–Crippen LogP) is 4.45. The van der Waals surface area contributed by atoms with Crippen LogP contribution in [0.4, 0.5) is 5.69 Å². The highest BCUT2D eigenvalue weighted by Gasteiger charge is 2.03. The number of nitrogens with one attached hydrogen (secondary N) is 1. The summed E-state index contributed by atoms with van der Waals surface area (Å²) < 4.78 is 5.80.